The first-order valence-electron chi connectivity index (χ1n) is 9.64. The van der Waals surface area contributed by atoms with Gasteiger partial charge in [0.15, 0.2) is 11.5 Å². The molecule has 0 bridgehead atoms. The van der Waals surface area contributed by atoms with Gasteiger partial charge in [-0.25, -0.2) is 0 Å². The van der Waals surface area contributed by atoms with Crippen molar-refractivity contribution >= 4 is 5.91 Å². The summed E-state index contributed by atoms with van der Waals surface area (Å²) in [7, 11) is 0. The first-order valence-corrected chi connectivity index (χ1v) is 9.64. The third-order valence-corrected chi connectivity index (χ3v) is 5.50. The molecule has 3 aliphatic rings. The fraction of sp³-hybridized carbons (Fsp3) is 0.526. The summed E-state index contributed by atoms with van der Waals surface area (Å²) in [6.07, 6.45) is 2.98. The molecule has 0 radical (unpaired) electrons. The zero-order valence-electron chi connectivity index (χ0n) is 15.2. The van der Waals surface area contributed by atoms with Crippen LogP contribution in [0.1, 0.15) is 40.9 Å². The molecule has 1 aromatic heterocycles. The Morgan fingerprint density at radius 1 is 1.11 bits per heavy atom. The van der Waals surface area contributed by atoms with E-state index in [0.29, 0.717) is 43.4 Å². The molecule has 1 N–H and O–H groups in total. The van der Waals surface area contributed by atoms with Crippen LogP contribution in [0.15, 0.2) is 18.2 Å². The van der Waals surface area contributed by atoms with Gasteiger partial charge in [-0.05, 0) is 37.6 Å². The van der Waals surface area contributed by atoms with Crippen LogP contribution in [0.4, 0.5) is 0 Å². The van der Waals surface area contributed by atoms with E-state index in [1.807, 2.05) is 17.0 Å². The molecular weight excluding hydrogens is 346 g/mol. The molecule has 0 aliphatic carbocycles. The van der Waals surface area contributed by atoms with Crippen molar-refractivity contribution in [2.24, 2.45) is 0 Å². The molecule has 5 rings (SSSR count). The standard InChI is InChI=1S/C19H23N5O3/c25-19(13-3-4-15-16(12-13)27-11-10-26-15)23-7-5-17-21-22-18(24(17)9-8-23)14-2-1-6-20-14/h3-4,12,14,20H,1-2,5-11H2/t14-/m0/s1. The molecule has 3 aliphatic heterocycles. The Kier molecular flexibility index (Phi) is 4.20. The van der Waals surface area contributed by atoms with Crippen molar-refractivity contribution in [2.75, 3.05) is 32.8 Å². The Morgan fingerprint density at radius 2 is 2.00 bits per heavy atom. The van der Waals surface area contributed by atoms with Crippen molar-refractivity contribution in [3.05, 3.63) is 35.4 Å². The minimum absolute atomic E-state index is 0.0197. The molecule has 27 heavy (non-hydrogen) atoms. The van der Waals surface area contributed by atoms with Crippen LogP contribution in [-0.2, 0) is 13.0 Å². The minimum Gasteiger partial charge on any atom is -0.486 e. The highest BCUT2D eigenvalue weighted by atomic mass is 16.6. The highest BCUT2D eigenvalue weighted by Gasteiger charge is 2.27. The van der Waals surface area contributed by atoms with Crippen LogP contribution in [-0.4, -0.2) is 58.4 Å². The Bertz CT molecular complexity index is 859. The fourth-order valence-electron chi connectivity index (χ4n) is 4.07. The second kappa shape index (κ2) is 6.84. The summed E-state index contributed by atoms with van der Waals surface area (Å²) in [5.74, 6) is 3.35. The van der Waals surface area contributed by atoms with Gasteiger partial charge in [0.2, 0.25) is 0 Å². The predicted molar refractivity (Wildman–Crippen MR) is 97.0 cm³/mol. The van der Waals surface area contributed by atoms with Crippen LogP contribution in [0, 0.1) is 0 Å². The van der Waals surface area contributed by atoms with E-state index >= 15 is 0 Å². The summed E-state index contributed by atoms with van der Waals surface area (Å²) >= 11 is 0. The lowest BCUT2D eigenvalue weighted by Gasteiger charge is -2.22. The smallest absolute Gasteiger partial charge is 0.254 e. The highest BCUT2D eigenvalue weighted by Crippen LogP contribution is 2.31. The molecule has 8 heteroatoms. The van der Waals surface area contributed by atoms with Crippen LogP contribution in [0.3, 0.4) is 0 Å². The van der Waals surface area contributed by atoms with E-state index < -0.39 is 0 Å². The Morgan fingerprint density at radius 3 is 2.85 bits per heavy atom. The number of fused-ring (bicyclic) bond motifs is 2. The molecular formula is C19H23N5O3. The third kappa shape index (κ3) is 3.03. The van der Waals surface area contributed by atoms with E-state index in [2.05, 4.69) is 20.1 Å². The minimum atomic E-state index is 0.0197. The Balaban J connectivity index is 1.33. The number of ether oxygens (including phenoxy) is 2. The van der Waals surface area contributed by atoms with E-state index in [9.17, 15) is 4.79 Å². The SMILES string of the molecule is O=C(c1ccc2c(c1)OCCO2)N1CCc2nnc([C@@H]3CCCN3)n2CC1. The molecule has 8 nitrogen and oxygen atoms in total. The maximum Gasteiger partial charge on any atom is 0.254 e. The molecule has 4 heterocycles. The number of hydrogen-bond acceptors (Lipinski definition) is 6. The van der Waals surface area contributed by atoms with Gasteiger partial charge in [0.25, 0.3) is 5.91 Å². The van der Waals surface area contributed by atoms with E-state index in [1.54, 1.807) is 6.07 Å². The van der Waals surface area contributed by atoms with Crippen molar-refractivity contribution in [2.45, 2.75) is 31.8 Å². The quantitative estimate of drug-likeness (QED) is 0.856. The summed E-state index contributed by atoms with van der Waals surface area (Å²) in [5.41, 5.74) is 0.634. The first-order chi connectivity index (χ1) is 13.3. The van der Waals surface area contributed by atoms with Crippen molar-refractivity contribution in [1.29, 1.82) is 0 Å². The fourth-order valence-corrected chi connectivity index (χ4v) is 4.07. The molecule has 0 spiro atoms. The average molecular weight is 369 g/mol. The van der Waals surface area contributed by atoms with Gasteiger partial charge in [0, 0.05) is 31.6 Å². The zero-order chi connectivity index (χ0) is 18.2. The summed E-state index contributed by atoms with van der Waals surface area (Å²) in [4.78, 5) is 14.9. The lowest BCUT2D eigenvalue weighted by atomic mass is 10.1. The van der Waals surface area contributed by atoms with E-state index in [-0.39, 0.29) is 11.9 Å². The van der Waals surface area contributed by atoms with E-state index in [4.69, 9.17) is 9.47 Å². The maximum atomic E-state index is 13.0. The monoisotopic (exact) mass is 369 g/mol. The topological polar surface area (TPSA) is 81.5 Å². The third-order valence-electron chi connectivity index (χ3n) is 5.50. The van der Waals surface area contributed by atoms with Crippen molar-refractivity contribution in [1.82, 2.24) is 25.0 Å². The second-order valence-corrected chi connectivity index (χ2v) is 7.18. The normalized spacial score (nSPS) is 21.6. The molecule has 1 atom stereocenters. The van der Waals surface area contributed by atoms with Gasteiger partial charge in [0.1, 0.15) is 24.9 Å². The maximum absolute atomic E-state index is 13.0. The molecule has 1 aromatic carbocycles. The van der Waals surface area contributed by atoms with Crippen molar-refractivity contribution < 1.29 is 14.3 Å². The largest absolute Gasteiger partial charge is 0.486 e. The van der Waals surface area contributed by atoms with E-state index in [0.717, 1.165) is 37.6 Å². The van der Waals surface area contributed by atoms with Gasteiger partial charge in [-0.2, -0.15) is 0 Å². The zero-order valence-corrected chi connectivity index (χ0v) is 15.2. The Hall–Kier alpha value is -2.61. The highest BCUT2D eigenvalue weighted by molar-refractivity contribution is 5.95. The van der Waals surface area contributed by atoms with Gasteiger partial charge >= 0.3 is 0 Å². The van der Waals surface area contributed by atoms with Crippen LogP contribution in [0.25, 0.3) is 0 Å². The van der Waals surface area contributed by atoms with Crippen LogP contribution in [0.5, 0.6) is 11.5 Å². The number of carbonyl (C=O) groups is 1. The average Bonchev–Trinajstić information content (AvgIpc) is 3.33. The molecule has 2 aromatic rings. The summed E-state index contributed by atoms with van der Waals surface area (Å²) in [6, 6.07) is 5.70. The van der Waals surface area contributed by atoms with Gasteiger partial charge in [0.05, 0.1) is 6.04 Å². The van der Waals surface area contributed by atoms with Crippen molar-refractivity contribution in [3.8, 4) is 11.5 Å². The number of carbonyl (C=O) groups excluding carboxylic acids is 1. The molecule has 0 saturated carbocycles. The Labute approximate surface area is 157 Å². The van der Waals surface area contributed by atoms with E-state index in [1.165, 1.54) is 6.42 Å². The second-order valence-electron chi connectivity index (χ2n) is 7.18. The number of benzene rings is 1. The predicted octanol–water partition coefficient (Wildman–Crippen LogP) is 1.17. The summed E-state index contributed by atoms with van der Waals surface area (Å²) in [5, 5.41) is 12.3. The lowest BCUT2D eigenvalue weighted by Crippen LogP contribution is -2.34. The van der Waals surface area contributed by atoms with Gasteiger partial charge in [-0.1, -0.05) is 0 Å². The summed E-state index contributed by atoms with van der Waals surface area (Å²) < 4.78 is 13.3. The number of rotatable bonds is 2. The molecule has 0 unspecified atom stereocenters. The number of hydrogen-bond donors (Lipinski definition) is 1. The number of amides is 1. The van der Waals surface area contributed by atoms with Crippen LogP contribution < -0.4 is 14.8 Å². The van der Waals surface area contributed by atoms with Gasteiger partial charge in [-0.15, -0.1) is 10.2 Å². The van der Waals surface area contributed by atoms with Gasteiger partial charge in [-0.3, -0.25) is 4.79 Å². The number of aromatic nitrogens is 3. The van der Waals surface area contributed by atoms with Gasteiger partial charge < -0.3 is 24.3 Å². The lowest BCUT2D eigenvalue weighted by molar-refractivity contribution is 0.0757. The van der Waals surface area contributed by atoms with Crippen molar-refractivity contribution in [3.63, 3.8) is 0 Å². The molecule has 1 saturated heterocycles. The molecule has 1 fully saturated rings. The van der Waals surface area contributed by atoms with Crippen LogP contribution in [0.2, 0.25) is 0 Å². The number of nitrogens with zero attached hydrogens (tertiary/aromatic N) is 4. The first kappa shape index (κ1) is 16.6. The molecule has 1 amide bonds. The molecule has 142 valence electrons. The number of nitrogens with one attached hydrogen (secondary N) is 1. The van der Waals surface area contributed by atoms with Crippen LogP contribution >= 0.6 is 0 Å². The summed E-state index contributed by atoms with van der Waals surface area (Å²) in [6.45, 7) is 4.11.